The van der Waals surface area contributed by atoms with Crippen LogP contribution in [0.25, 0.3) is 0 Å². The molecule has 0 aliphatic carbocycles. The minimum absolute atomic E-state index is 0.0540. The van der Waals surface area contributed by atoms with Gasteiger partial charge in [-0.25, -0.2) is 4.39 Å². The maximum Gasteiger partial charge on any atom is 0.142 e. The van der Waals surface area contributed by atoms with E-state index in [0.29, 0.717) is 21.9 Å². The highest BCUT2D eigenvalue weighted by molar-refractivity contribution is 7.80. The van der Waals surface area contributed by atoms with E-state index in [4.69, 9.17) is 45.9 Å². The van der Waals surface area contributed by atoms with Gasteiger partial charge in [0.2, 0.25) is 0 Å². The Hall–Kier alpha value is -1.36. The van der Waals surface area contributed by atoms with Crippen LogP contribution in [0.2, 0.25) is 10.0 Å². The zero-order valence-corrected chi connectivity index (χ0v) is 12.5. The van der Waals surface area contributed by atoms with Gasteiger partial charge in [-0.3, -0.25) is 0 Å². The normalized spacial score (nSPS) is 10.3. The molecule has 0 saturated heterocycles. The average Bonchev–Trinajstić information content (AvgIpc) is 2.40. The molecule has 2 nitrogen and oxygen atoms in total. The van der Waals surface area contributed by atoms with Gasteiger partial charge in [-0.1, -0.05) is 47.6 Å². The van der Waals surface area contributed by atoms with Gasteiger partial charge in [-0.05, 0) is 24.3 Å². The zero-order valence-electron chi connectivity index (χ0n) is 10.2. The molecule has 0 radical (unpaired) electrons. The molecule has 2 rings (SSSR count). The van der Waals surface area contributed by atoms with Crippen LogP contribution in [0, 0.1) is 5.82 Å². The van der Waals surface area contributed by atoms with Gasteiger partial charge in [0.1, 0.15) is 23.2 Å². The van der Waals surface area contributed by atoms with Gasteiger partial charge in [-0.2, -0.15) is 0 Å². The molecule has 6 heteroatoms. The van der Waals surface area contributed by atoms with Gasteiger partial charge >= 0.3 is 0 Å². The van der Waals surface area contributed by atoms with Crippen LogP contribution in [0.3, 0.4) is 0 Å². The van der Waals surface area contributed by atoms with E-state index in [9.17, 15) is 4.39 Å². The van der Waals surface area contributed by atoms with E-state index in [1.54, 1.807) is 30.3 Å². The SMILES string of the molecule is NC(=S)c1ccc(OCc2cccc(F)c2Cl)cc1Cl. The number of hydrogen-bond acceptors (Lipinski definition) is 2. The summed E-state index contributed by atoms with van der Waals surface area (Å²) in [6.45, 7) is 0.138. The summed E-state index contributed by atoms with van der Waals surface area (Å²) in [5, 5.41) is 0.457. The Morgan fingerprint density at radius 1 is 1.25 bits per heavy atom. The molecule has 2 aromatic rings. The Balaban J connectivity index is 2.13. The zero-order chi connectivity index (χ0) is 14.7. The largest absolute Gasteiger partial charge is 0.489 e. The van der Waals surface area contributed by atoms with Crippen LogP contribution in [-0.2, 0) is 6.61 Å². The summed E-state index contributed by atoms with van der Waals surface area (Å²) in [6.07, 6.45) is 0. The molecule has 0 aromatic heterocycles. The first-order valence-electron chi connectivity index (χ1n) is 5.64. The van der Waals surface area contributed by atoms with Gasteiger partial charge in [0, 0.05) is 11.1 Å². The van der Waals surface area contributed by atoms with Crippen molar-refractivity contribution < 1.29 is 9.13 Å². The van der Waals surface area contributed by atoms with Crippen molar-refractivity contribution in [1.29, 1.82) is 0 Å². The van der Waals surface area contributed by atoms with Crippen molar-refractivity contribution in [2.45, 2.75) is 6.61 Å². The van der Waals surface area contributed by atoms with E-state index in [2.05, 4.69) is 0 Å². The molecular formula is C14H10Cl2FNOS. The fraction of sp³-hybridized carbons (Fsp3) is 0.0714. The number of halogens is 3. The Morgan fingerprint density at radius 2 is 2.00 bits per heavy atom. The fourth-order valence-corrected chi connectivity index (χ4v) is 2.29. The van der Waals surface area contributed by atoms with Crippen LogP contribution >= 0.6 is 35.4 Å². The lowest BCUT2D eigenvalue weighted by Crippen LogP contribution is -2.09. The number of hydrogen-bond donors (Lipinski definition) is 1. The van der Waals surface area contributed by atoms with Gasteiger partial charge in [0.15, 0.2) is 0 Å². The molecular weight excluding hydrogens is 320 g/mol. The first-order valence-corrected chi connectivity index (χ1v) is 6.80. The van der Waals surface area contributed by atoms with Crippen molar-refractivity contribution in [1.82, 2.24) is 0 Å². The molecule has 0 spiro atoms. The molecule has 0 saturated carbocycles. The maximum atomic E-state index is 13.3. The lowest BCUT2D eigenvalue weighted by Gasteiger charge is -2.10. The Morgan fingerprint density at radius 3 is 2.65 bits per heavy atom. The summed E-state index contributed by atoms with van der Waals surface area (Å²) in [5.74, 6) is 0.0463. The molecule has 0 fully saturated rings. The van der Waals surface area contributed by atoms with Gasteiger partial charge in [-0.15, -0.1) is 0 Å². The van der Waals surface area contributed by atoms with Crippen LogP contribution in [0.15, 0.2) is 36.4 Å². The maximum absolute atomic E-state index is 13.3. The summed E-state index contributed by atoms with van der Waals surface area (Å²) in [5.41, 5.74) is 6.65. The van der Waals surface area contributed by atoms with E-state index in [-0.39, 0.29) is 16.6 Å². The van der Waals surface area contributed by atoms with Crippen LogP contribution in [0.5, 0.6) is 5.75 Å². The van der Waals surface area contributed by atoms with Crippen molar-refractivity contribution in [3.8, 4) is 5.75 Å². The molecule has 0 atom stereocenters. The van der Waals surface area contributed by atoms with Crippen LogP contribution in [0.1, 0.15) is 11.1 Å². The van der Waals surface area contributed by atoms with Gasteiger partial charge in [0.05, 0.1) is 10.0 Å². The first-order chi connectivity index (χ1) is 9.49. The quantitative estimate of drug-likeness (QED) is 0.847. The summed E-state index contributed by atoms with van der Waals surface area (Å²) in [7, 11) is 0. The minimum Gasteiger partial charge on any atom is -0.489 e. The molecule has 0 aliphatic heterocycles. The molecule has 0 amide bonds. The molecule has 2 N–H and O–H groups in total. The van der Waals surface area contributed by atoms with Crippen molar-refractivity contribution >= 4 is 40.4 Å². The average molecular weight is 330 g/mol. The molecule has 2 aromatic carbocycles. The van der Waals surface area contributed by atoms with E-state index >= 15 is 0 Å². The number of thiocarbonyl (C=S) groups is 1. The van der Waals surface area contributed by atoms with Crippen molar-refractivity contribution in [2.75, 3.05) is 0 Å². The Labute approximate surface area is 131 Å². The lowest BCUT2D eigenvalue weighted by atomic mass is 10.2. The molecule has 0 aliphatic rings. The third-order valence-electron chi connectivity index (χ3n) is 2.63. The second-order valence-corrected chi connectivity index (χ2v) is 5.23. The number of ether oxygens (including phenoxy) is 1. The highest BCUT2D eigenvalue weighted by atomic mass is 35.5. The van der Waals surface area contributed by atoms with Gasteiger partial charge < -0.3 is 10.5 Å². The second kappa shape index (κ2) is 6.39. The number of nitrogens with two attached hydrogens (primary N) is 1. The minimum atomic E-state index is -0.477. The first kappa shape index (κ1) is 15.0. The third kappa shape index (κ3) is 3.39. The van der Waals surface area contributed by atoms with E-state index < -0.39 is 5.82 Å². The van der Waals surface area contributed by atoms with E-state index in [1.807, 2.05) is 0 Å². The van der Waals surface area contributed by atoms with Crippen LogP contribution < -0.4 is 10.5 Å². The lowest BCUT2D eigenvalue weighted by molar-refractivity contribution is 0.305. The summed E-state index contributed by atoms with van der Waals surface area (Å²) < 4.78 is 18.8. The topological polar surface area (TPSA) is 35.2 Å². The Bertz CT molecular complexity index is 664. The third-order valence-corrected chi connectivity index (χ3v) is 3.59. The standard InChI is InChI=1S/C14H10Cl2FNOS/c15-11-6-9(4-5-10(11)14(18)20)19-7-8-2-1-3-12(17)13(8)16/h1-6H,7H2,(H2,18,20). The summed E-state index contributed by atoms with van der Waals surface area (Å²) in [6, 6.07) is 9.52. The molecule has 0 heterocycles. The van der Waals surface area contributed by atoms with E-state index in [1.165, 1.54) is 6.07 Å². The van der Waals surface area contributed by atoms with Crippen molar-refractivity contribution in [2.24, 2.45) is 5.73 Å². The smallest absolute Gasteiger partial charge is 0.142 e. The number of benzene rings is 2. The fourth-order valence-electron chi connectivity index (χ4n) is 1.61. The van der Waals surface area contributed by atoms with Crippen LogP contribution in [-0.4, -0.2) is 4.99 Å². The monoisotopic (exact) mass is 329 g/mol. The number of rotatable bonds is 4. The summed E-state index contributed by atoms with van der Waals surface area (Å²) >= 11 is 16.7. The highest BCUT2D eigenvalue weighted by Gasteiger charge is 2.08. The molecule has 104 valence electrons. The highest BCUT2D eigenvalue weighted by Crippen LogP contribution is 2.25. The molecule has 20 heavy (non-hydrogen) atoms. The van der Waals surface area contributed by atoms with E-state index in [0.717, 1.165) is 0 Å². The predicted octanol–water partition coefficient (Wildman–Crippen LogP) is 4.35. The summed E-state index contributed by atoms with van der Waals surface area (Å²) in [4.78, 5) is 0.217. The van der Waals surface area contributed by atoms with Crippen LogP contribution in [0.4, 0.5) is 4.39 Å². The van der Waals surface area contributed by atoms with Crippen molar-refractivity contribution in [3.63, 3.8) is 0 Å². The molecule has 0 bridgehead atoms. The Kier molecular flexibility index (Phi) is 4.81. The van der Waals surface area contributed by atoms with Crippen molar-refractivity contribution in [3.05, 3.63) is 63.4 Å². The predicted molar refractivity (Wildman–Crippen MR) is 83.1 cm³/mol. The molecule has 0 unspecified atom stereocenters. The van der Waals surface area contributed by atoms with Gasteiger partial charge in [0.25, 0.3) is 0 Å². The second-order valence-electron chi connectivity index (χ2n) is 4.01.